The van der Waals surface area contributed by atoms with Crippen LogP contribution in [-0.4, -0.2) is 11.8 Å². The van der Waals surface area contributed by atoms with Crippen LogP contribution in [0.3, 0.4) is 0 Å². The van der Waals surface area contributed by atoms with Gasteiger partial charge < -0.3 is 0 Å². The largest absolute Gasteiger partial charge is 0.416 e. The average molecular weight is 399 g/mol. The fourth-order valence-corrected chi connectivity index (χ4v) is 2.89. The number of alkyl halides is 6. The van der Waals surface area contributed by atoms with Crippen molar-refractivity contribution >= 4 is 29.2 Å². The van der Waals surface area contributed by atoms with Crippen molar-refractivity contribution in [3.63, 3.8) is 0 Å². The summed E-state index contributed by atoms with van der Waals surface area (Å²) in [5.41, 5.74) is -2.36. The first-order valence-electron chi connectivity index (χ1n) is 7.85. The Labute approximate surface area is 154 Å². The molecule has 1 aliphatic rings. The van der Waals surface area contributed by atoms with E-state index >= 15 is 0 Å². The molecular formula is C19H11F6NO2. The second-order valence-electron chi connectivity index (χ2n) is 6.07. The summed E-state index contributed by atoms with van der Waals surface area (Å²) in [5.74, 6) is -1.71. The van der Waals surface area contributed by atoms with Gasteiger partial charge in [-0.15, -0.1) is 0 Å². The second-order valence-corrected chi connectivity index (χ2v) is 6.07. The van der Waals surface area contributed by atoms with Crippen LogP contribution in [0.15, 0.2) is 42.5 Å². The van der Waals surface area contributed by atoms with Crippen LogP contribution in [0.25, 0.3) is 11.6 Å². The number of carbonyl (C=O) groups excluding carboxylic acids is 2. The molecule has 3 nitrogen and oxygen atoms in total. The summed E-state index contributed by atoms with van der Waals surface area (Å²) >= 11 is 0. The van der Waals surface area contributed by atoms with Gasteiger partial charge in [-0.05, 0) is 35.9 Å². The van der Waals surface area contributed by atoms with E-state index in [0.29, 0.717) is 11.0 Å². The summed E-state index contributed by atoms with van der Waals surface area (Å²) < 4.78 is 77.5. The molecule has 0 spiro atoms. The molecule has 0 atom stereocenters. The van der Waals surface area contributed by atoms with E-state index in [0.717, 1.165) is 43.3 Å². The van der Waals surface area contributed by atoms with Crippen molar-refractivity contribution in [3.8, 4) is 0 Å². The Morgan fingerprint density at radius 3 is 2.11 bits per heavy atom. The highest BCUT2D eigenvalue weighted by Crippen LogP contribution is 2.42. The molecule has 28 heavy (non-hydrogen) atoms. The normalized spacial score (nSPS) is 15.9. The van der Waals surface area contributed by atoms with Crippen molar-refractivity contribution in [1.82, 2.24) is 0 Å². The molecule has 2 amide bonds. The van der Waals surface area contributed by atoms with Crippen LogP contribution in [-0.2, 0) is 21.9 Å². The minimum Gasteiger partial charge on any atom is -0.274 e. The molecule has 2 aromatic rings. The maximum atomic E-state index is 13.0. The van der Waals surface area contributed by atoms with E-state index in [1.807, 2.05) is 0 Å². The summed E-state index contributed by atoms with van der Waals surface area (Å²) in [6.07, 6.45) is -8.17. The van der Waals surface area contributed by atoms with Gasteiger partial charge in [0.05, 0.1) is 22.4 Å². The van der Waals surface area contributed by atoms with Crippen molar-refractivity contribution in [2.24, 2.45) is 0 Å². The van der Waals surface area contributed by atoms with Gasteiger partial charge in [0.2, 0.25) is 5.91 Å². The third-order valence-electron chi connectivity index (χ3n) is 4.13. The smallest absolute Gasteiger partial charge is 0.274 e. The van der Waals surface area contributed by atoms with Crippen LogP contribution in [0.4, 0.5) is 32.0 Å². The molecule has 0 N–H and O–H groups in total. The Bertz CT molecular complexity index is 1000. The molecular weight excluding hydrogens is 388 g/mol. The number of imide groups is 1. The van der Waals surface area contributed by atoms with E-state index in [9.17, 15) is 35.9 Å². The molecule has 0 saturated heterocycles. The van der Waals surface area contributed by atoms with E-state index in [1.165, 1.54) is 6.07 Å². The molecule has 0 radical (unpaired) electrons. The van der Waals surface area contributed by atoms with Gasteiger partial charge in [-0.1, -0.05) is 18.2 Å². The van der Waals surface area contributed by atoms with Crippen LogP contribution < -0.4 is 4.90 Å². The van der Waals surface area contributed by atoms with Crippen molar-refractivity contribution in [2.75, 3.05) is 4.90 Å². The lowest BCUT2D eigenvalue weighted by Crippen LogP contribution is -2.31. The lowest BCUT2D eigenvalue weighted by atomic mass is 10.0. The molecule has 0 aliphatic carbocycles. The van der Waals surface area contributed by atoms with Gasteiger partial charge in [0.25, 0.3) is 5.91 Å². The third kappa shape index (κ3) is 3.51. The molecule has 3 rings (SSSR count). The number of amides is 2. The van der Waals surface area contributed by atoms with E-state index < -0.39 is 35.3 Å². The highest BCUT2D eigenvalue weighted by molar-refractivity contribution is 6.42. The summed E-state index contributed by atoms with van der Waals surface area (Å²) in [6.45, 7) is 1.01. The number of halogens is 6. The van der Waals surface area contributed by atoms with E-state index in [4.69, 9.17) is 0 Å². The first kappa shape index (κ1) is 19.7. The number of hydrogen-bond acceptors (Lipinski definition) is 2. The number of rotatable bonds is 1. The van der Waals surface area contributed by atoms with Gasteiger partial charge in [0, 0.05) is 12.5 Å². The zero-order valence-corrected chi connectivity index (χ0v) is 14.2. The molecule has 0 bridgehead atoms. The number of fused-ring (bicyclic) bond motifs is 1. The van der Waals surface area contributed by atoms with Gasteiger partial charge in [-0.2, -0.15) is 26.3 Å². The maximum Gasteiger partial charge on any atom is 0.416 e. The fourth-order valence-electron chi connectivity index (χ4n) is 2.89. The van der Waals surface area contributed by atoms with E-state index in [1.54, 1.807) is 0 Å². The minimum atomic E-state index is -4.69. The number of anilines is 1. The summed E-state index contributed by atoms with van der Waals surface area (Å²) in [5, 5.41) is 0. The standard InChI is InChI=1S/C19H11F6NO2/c1-10(27)26-16-9-13(19(23,24)25)5-6-14(16)15(17(26)28)8-11-3-2-4-12(7-11)18(20,21)22/h2-9H,1H3. The molecule has 2 aromatic carbocycles. The molecule has 0 aromatic heterocycles. The molecule has 0 fully saturated rings. The lowest BCUT2D eigenvalue weighted by Gasteiger charge is -2.14. The highest BCUT2D eigenvalue weighted by atomic mass is 19.4. The SMILES string of the molecule is CC(=O)N1C(=O)C(=Cc2cccc(C(F)(F)F)c2)c2ccc(C(F)(F)F)cc21. The van der Waals surface area contributed by atoms with Gasteiger partial charge in [0.1, 0.15) is 0 Å². The second kappa shape index (κ2) is 6.50. The molecule has 146 valence electrons. The number of carbonyl (C=O) groups is 2. The van der Waals surface area contributed by atoms with Crippen molar-refractivity contribution in [2.45, 2.75) is 19.3 Å². The van der Waals surface area contributed by atoms with Crippen LogP contribution in [0.2, 0.25) is 0 Å². The first-order valence-corrected chi connectivity index (χ1v) is 7.85. The zero-order valence-electron chi connectivity index (χ0n) is 14.2. The van der Waals surface area contributed by atoms with Gasteiger partial charge >= 0.3 is 12.4 Å². The van der Waals surface area contributed by atoms with E-state index in [-0.39, 0.29) is 22.4 Å². The Balaban J connectivity index is 2.16. The number of nitrogens with zero attached hydrogens (tertiary/aromatic N) is 1. The average Bonchev–Trinajstić information content (AvgIpc) is 2.85. The van der Waals surface area contributed by atoms with Crippen LogP contribution in [0.5, 0.6) is 0 Å². The van der Waals surface area contributed by atoms with Crippen LogP contribution >= 0.6 is 0 Å². The first-order chi connectivity index (χ1) is 12.9. The zero-order chi connectivity index (χ0) is 20.9. The third-order valence-corrected chi connectivity index (χ3v) is 4.13. The topological polar surface area (TPSA) is 37.4 Å². The monoisotopic (exact) mass is 399 g/mol. The molecule has 9 heteroatoms. The quantitative estimate of drug-likeness (QED) is 0.491. The Kier molecular flexibility index (Phi) is 4.57. The van der Waals surface area contributed by atoms with E-state index in [2.05, 4.69) is 0 Å². The van der Waals surface area contributed by atoms with Crippen LogP contribution in [0.1, 0.15) is 29.2 Å². The van der Waals surface area contributed by atoms with Crippen molar-refractivity contribution in [3.05, 3.63) is 64.7 Å². The summed E-state index contributed by atoms with van der Waals surface area (Å²) in [7, 11) is 0. The molecule has 1 heterocycles. The molecule has 1 aliphatic heterocycles. The Morgan fingerprint density at radius 2 is 1.54 bits per heavy atom. The summed E-state index contributed by atoms with van der Waals surface area (Å²) in [4.78, 5) is 25.0. The van der Waals surface area contributed by atoms with Gasteiger partial charge in [-0.3, -0.25) is 9.59 Å². The van der Waals surface area contributed by atoms with Gasteiger partial charge in [-0.25, -0.2) is 4.90 Å². The molecule has 0 unspecified atom stereocenters. The predicted molar refractivity (Wildman–Crippen MR) is 88.9 cm³/mol. The predicted octanol–water partition coefficient (Wildman–Crippen LogP) is 5.16. The minimum absolute atomic E-state index is 0.0226. The fraction of sp³-hybridized carbons (Fsp3) is 0.158. The number of benzene rings is 2. The Morgan fingerprint density at radius 1 is 0.929 bits per heavy atom. The highest BCUT2D eigenvalue weighted by Gasteiger charge is 2.39. The molecule has 0 saturated carbocycles. The summed E-state index contributed by atoms with van der Waals surface area (Å²) in [6, 6.07) is 6.56. The van der Waals surface area contributed by atoms with Crippen LogP contribution in [0, 0.1) is 0 Å². The maximum absolute atomic E-state index is 13.0. The van der Waals surface area contributed by atoms with Gasteiger partial charge in [0.15, 0.2) is 0 Å². The Hall–Kier alpha value is -3.10. The van der Waals surface area contributed by atoms with Crippen molar-refractivity contribution in [1.29, 1.82) is 0 Å². The number of hydrogen-bond donors (Lipinski definition) is 0. The lowest BCUT2D eigenvalue weighted by molar-refractivity contribution is -0.138. The van der Waals surface area contributed by atoms with Crippen molar-refractivity contribution < 1.29 is 35.9 Å².